The van der Waals surface area contributed by atoms with Crippen LogP contribution in [0.2, 0.25) is 5.02 Å². The Morgan fingerprint density at radius 3 is 2.47 bits per heavy atom. The van der Waals surface area contributed by atoms with Crippen LogP contribution in [0.15, 0.2) is 71.5 Å². The second-order valence-corrected chi connectivity index (χ2v) is 8.14. The van der Waals surface area contributed by atoms with Gasteiger partial charge in [-0.2, -0.15) is 0 Å². The quantitative estimate of drug-likeness (QED) is 0.447. The van der Waals surface area contributed by atoms with Gasteiger partial charge >= 0.3 is 5.69 Å². The maximum absolute atomic E-state index is 13.4. The fourth-order valence-corrected chi connectivity index (χ4v) is 4.31. The van der Waals surface area contributed by atoms with Crippen molar-refractivity contribution in [3.05, 3.63) is 98.9 Å². The van der Waals surface area contributed by atoms with Crippen LogP contribution in [-0.2, 0) is 17.8 Å². The second kappa shape index (κ2) is 8.01. The molecule has 0 radical (unpaired) electrons. The molecule has 32 heavy (non-hydrogen) atoms. The fraction of sp³-hybridized carbons (Fsp3) is 0.125. The van der Waals surface area contributed by atoms with Gasteiger partial charge in [-0.3, -0.25) is 9.59 Å². The minimum Gasteiger partial charge on any atom is -0.324 e. The predicted octanol–water partition coefficient (Wildman–Crippen LogP) is 3.72. The summed E-state index contributed by atoms with van der Waals surface area (Å²) in [6, 6.07) is 19.0. The molecule has 2 heterocycles. The molecule has 7 nitrogen and oxygen atoms in total. The number of rotatable bonds is 3. The lowest BCUT2D eigenvalue weighted by molar-refractivity contribution is -0.121. The van der Waals surface area contributed by atoms with Gasteiger partial charge in [-0.1, -0.05) is 48.0 Å². The van der Waals surface area contributed by atoms with Gasteiger partial charge in [-0.05, 0) is 41.5 Å². The van der Waals surface area contributed by atoms with E-state index in [1.54, 1.807) is 47.4 Å². The molecule has 0 bridgehead atoms. The van der Waals surface area contributed by atoms with Gasteiger partial charge in [0.2, 0.25) is 5.91 Å². The number of anilines is 1. The van der Waals surface area contributed by atoms with Crippen molar-refractivity contribution in [2.45, 2.75) is 19.0 Å². The van der Waals surface area contributed by atoms with Crippen LogP contribution in [0.1, 0.15) is 21.5 Å². The zero-order valence-electron chi connectivity index (χ0n) is 16.9. The maximum atomic E-state index is 13.4. The zero-order chi connectivity index (χ0) is 22.2. The molecule has 1 unspecified atom stereocenters. The smallest absolute Gasteiger partial charge is 0.323 e. The molecule has 4 aromatic rings. The van der Waals surface area contributed by atoms with Gasteiger partial charge in [0.15, 0.2) is 0 Å². The number of H-pyrrole nitrogens is 2. The number of nitrogens with zero attached hydrogens (tertiary/aromatic N) is 1. The average molecular weight is 447 g/mol. The predicted molar refractivity (Wildman–Crippen MR) is 123 cm³/mol. The molecule has 0 fully saturated rings. The number of imidazole rings is 1. The van der Waals surface area contributed by atoms with Crippen molar-refractivity contribution in [1.82, 2.24) is 14.9 Å². The molecule has 3 N–H and O–H groups in total. The van der Waals surface area contributed by atoms with E-state index in [0.29, 0.717) is 40.3 Å². The number of halogens is 1. The zero-order valence-corrected chi connectivity index (χ0v) is 17.6. The summed E-state index contributed by atoms with van der Waals surface area (Å²) in [5.74, 6) is -0.604. The number of amides is 2. The Labute approximate surface area is 188 Å². The van der Waals surface area contributed by atoms with Crippen molar-refractivity contribution in [3.8, 4) is 0 Å². The Balaban J connectivity index is 1.48. The molecular formula is C24H19ClN4O3. The van der Waals surface area contributed by atoms with Crippen molar-refractivity contribution in [1.29, 1.82) is 0 Å². The first-order chi connectivity index (χ1) is 15.5. The van der Waals surface area contributed by atoms with E-state index >= 15 is 0 Å². The van der Waals surface area contributed by atoms with Gasteiger partial charge in [0.25, 0.3) is 5.91 Å². The molecule has 3 aromatic carbocycles. The van der Waals surface area contributed by atoms with Crippen molar-refractivity contribution >= 4 is 40.1 Å². The molecule has 160 valence electrons. The average Bonchev–Trinajstić information content (AvgIpc) is 3.17. The summed E-state index contributed by atoms with van der Waals surface area (Å²) in [6.45, 7) is 0.308. The minimum absolute atomic E-state index is 0.296. The lowest BCUT2D eigenvalue weighted by atomic mass is 9.92. The summed E-state index contributed by atoms with van der Waals surface area (Å²) in [5.41, 5.74) is 3.84. The molecule has 0 aliphatic carbocycles. The Bertz CT molecular complexity index is 1410. The lowest BCUT2D eigenvalue weighted by Crippen LogP contribution is -2.50. The van der Waals surface area contributed by atoms with Crippen molar-refractivity contribution in [3.63, 3.8) is 0 Å². The van der Waals surface area contributed by atoms with Crippen LogP contribution in [0.4, 0.5) is 5.69 Å². The van der Waals surface area contributed by atoms with Gasteiger partial charge in [0.1, 0.15) is 6.04 Å². The highest BCUT2D eigenvalue weighted by atomic mass is 35.5. The number of aromatic nitrogens is 2. The van der Waals surface area contributed by atoms with E-state index in [0.717, 1.165) is 11.1 Å². The van der Waals surface area contributed by atoms with E-state index in [2.05, 4.69) is 15.3 Å². The van der Waals surface area contributed by atoms with Crippen LogP contribution in [0, 0.1) is 0 Å². The number of aromatic amines is 2. The van der Waals surface area contributed by atoms with Crippen molar-refractivity contribution < 1.29 is 9.59 Å². The molecule has 0 saturated carbocycles. The van der Waals surface area contributed by atoms with Crippen LogP contribution >= 0.6 is 11.6 Å². The van der Waals surface area contributed by atoms with Gasteiger partial charge in [0, 0.05) is 18.7 Å². The number of fused-ring (bicyclic) bond motifs is 2. The van der Waals surface area contributed by atoms with Gasteiger partial charge in [-0.15, -0.1) is 0 Å². The molecule has 1 atom stereocenters. The normalized spacial score (nSPS) is 15.4. The molecule has 5 rings (SSSR count). The van der Waals surface area contributed by atoms with Crippen molar-refractivity contribution in [2.75, 3.05) is 5.32 Å². The largest absolute Gasteiger partial charge is 0.324 e. The van der Waals surface area contributed by atoms with E-state index < -0.39 is 6.04 Å². The molecule has 1 aliphatic heterocycles. The Kier molecular flexibility index (Phi) is 5.03. The van der Waals surface area contributed by atoms with Crippen LogP contribution in [0.25, 0.3) is 11.0 Å². The second-order valence-electron chi connectivity index (χ2n) is 7.73. The standard InChI is InChI=1S/C24H19ClN4O3/c25-18-8-4-3-7-17(18)23(31)29-13-15-6-2-1-5-14(15)11-21(29)22(30)26-16-9-10-19-20(12-16)28-24(32)27-19/h1-10,12,21H,11,13H2,(H,26,30)(H2,27,28,32). The first kappa shape index (κ1) is 20.1. The third-order valence-electron chi connectivity index (χ3n) is 5.70. The summed E-state index contributed by atoms with van der Waals surface area (Å²) in [4.78, 5) is 45.2. The van der Waals surface area contributed by atoms with Gasteiger partial charge in [-0.25, -0.2) is 4.79 Å². The van der Waals surface area contributed by atoms with E-state index in [1.807, 2.05) is 24.3 Å². The van der Waals surface area contributed by atoms with E-state index in [4.69, 9.17) is 11.6 Å². The highest BCUT2D eigenvalue weighted by Crippen LogP contribution is 2.28. The van der Waals surface area contributed by atoms with E-state index in [-0.39, 0.29) is 17.5 Å². The molecular weight excluding hydrogens is 428 g/mol. The highest BCUT2D eigenvalue weighted by Gasteiger charge is 2.35. The maximum Gasteiger partial charge on any atom is 0.323 e. The summed E-state index contributed by atoms with van der Waals surface area (Å²) in [5, 5.41) is 3.24. The van der Waals surface area contributed by atoms with Crippen LogP contribution < -0.4 is 11.0 Å². The number of hydrogen-bond acceptors (Lipinski definition) is 3. The number of hydrogen-bond donors (Lipinski definition) is 3. The first-order valence-electron chi connectivity index (χ1n) is 10.1. The van der Waals surface area contributed by atoms with Gasteiger partial charge < -0.3 is 20.2 Å². The molecule has 0 spiro atoms. The number of carbonyl (C=O) groups is 2. The van der Waals surface area contributed by atoms with E-state index in [1.165, 1.54) is 0 Å². The minimum atomic E-state index is -0.713. The molecule has 2 amide bonds. The van der Waals surface area contributed by atoms with Crippen LogP contribution in [0.5, 0.6) is 0 Å². The lowest BCUT2D eigenvalue weighted by Gasteiger charge is -2.36. The van der Waals surface area contributed by atoms with Crippen molar-refractivity contribution in [2.24, 2.45) is 0 Å². The molecule has 8 heteroatoms. The SMILES string of the molecule is O=C(Nc1ccc2[nH]c(=O)[nH]c2c1)C1Cc2ccccc2CN1C(=O)c1ccccc1Cl. The third kappa shape index (κ3) is 3.67. The number of carbonyl (C=O) groups excluding carboxylic acids is 2. The number of benzene rings is 3. The molecule has 0 saturated heterocycles. The van der Waals surface area contributed by atoms with E-state index in [9.17, 15) is 14.4 Å². The first-order valence-corrected chi connectivity index (χ1v) is 10.5. The van der Waals surface area contributed by atoms with Gasteiger partial charge in [0.05, 0.1) is 21.6 Å². The number of nitrogens with one attached hydrogen (secondary N) is 3. The Hall–Kier alpha value is -3.84. The Morgan fingerprint density at radius 2 is 1.66 bits per heavy atom. The van der Waals surface area contributed by atoms with Crippen LogP contribution in [0.3, 0.4) is 0 Å². The topological polar surface area (TPSA) is 98.1 Å². The molecule has 1 aliphatic rings. The summed E-state index contributed by atoms with van der Waals surface area (Å²) >= 11 is 6.27. The molecule has 1 aromatic heterocycles. The highest BCUT2D eigenvalue weighted by molar-refractivity contribution is 6.33. The summed E-state index contributed by atoms with van der Waals surface area (Å²) < 4.78 is 0. The summed E-state index contributed by atoms with van der Waals surface area (Å²) in [7, 11) is 0. The summed E-state index contributed by atoms with van der Waals surface area (Å²) in [6.07, 6.45) is 0.390. The van der Waals surface area contributed by atoms with Crippen LogP contribution in [-0.4, -0.2) is 32.7 Å². The third-order valence-corrected chi connectivity index (χ3v) is 6.03. The Morgan fingerprint density at radius 1 is 0.938 bits per heavy atom. The monoisotopic (exact) mass is 446 g/mol. The fourth-order valence-electron chi connectivity index (χ4n) is 4.10.